The zero-order valence-electron chi connectivity index (χ0n) is 22.2. The average molecular weight is 591 g/mol. The van der Waals surface area contributed by atoms with E-state index in [1.807, 2.05) is 0 Å². The number of sulfonamides is 1. The van der Waals surface area contributed by atoms with Crippen molar-refractivity contribution in [3.8, 4) is 5.75 Å². The summed E-state index contributed by atoms with van der Waals surface area (Å²) < 4.78 is 33.2. The first kappa shape index (κ1) is 29.3. The topological polar surface area (TPSA) is 117 Å². The molecule has 2 N–H and O–H groups in total. The molecule has 0 bridgehead atoms. The van der Waals surface area contributed by atoms with E-state index in [0.717, 1.165) is 4.31 Å². The van der Waals surface area contributed by atoms with E-state index in [0.29, 0.717) is 33.3 Å². The molecule has 0 saturated carbocycles. The number of hydrogen-bond donors (Lipinski definition) is 2. The highest BCUT2D eigenvalue weighted by Gasteiger charge is 2.27. The Kier molecular flexibility index (Phi) is 9.38. The summed E-state index contributed by atoms with van der Waals surface area (Å²) in [4.78, 5) is 25.6. The lowest BCUT2D eigenvalue weighted by molar-refractivity contribution is -0.119. The summed E-state index contributed by atoms with van der Waals surface area (Å²) in [6, 6.07) is 27.8. The van der Waals surface area contributed by atoms with Crippen LogP contribution in [0, 0.1) is 0 Å². The Bertz CT molecular complexity index is 1690. The van der Waals surface area contributed by atoms with E-state index in [9.17, 15) is 18.0 Å². The van der Waals surface area contributed by atoms with Gasteiger partial charge in [0.05, 0.1) is 23.4 Å². The van der Waals surface area contributed by atoms with Gasteiger partial charge >= 0.3 is 0 Å². The maximum Gasteiger partial charge on any atom is 0.264 e. The van der Waals surface area contributed by atoms with Crippen molar-refractivity contribution >= 4 is 50.5 Å². The molecule has 2 amide bonds. The first-order valence-electron chi connectivity index (χ1n) is 12.4. The van der Waals surface area contributed by atoms with Crippen LogP contribution in [0.5, 0.6) is 5.75 Å². The number of carbonyl (C=O) groups is 2. The van der Waals surface area contributed by atoms with Crippen LogP contribution in [0.15, 0.2) is 113 Å². The minimum absolute atomic E-state index is 0.0342. The van der Waals surface area contributed by atoms with Crippen molar-refractivity contribution in [3.05, 3.63) is 119 Å². The third-order valence-electron chi connectivity index (χ3n) is 5.93. The van der Waals surface area contributed by atoms with Gasteiger partial charge in [-0.15, -0.1) is 0 Å². The predicted octanol–water partition coefficient (Wildman–Crippen LogP) is 5.34. The highest BCUT2D eigenvalue weighted by atomic mass is 35.5. The summed E-state index contributed by atoms with van der Waals surface area (Å²) in [6.07, 6.45) is 0. The van der Waals surface area contributed by atoms with Gasteiger partial charge in [0, 0.05) is 22.3 Å². The van der Waals surface area contributed by atoms with Crippen molar-refractivity contribution in [1.29, 1.82) is 0 Å². The number of methoxy groups -OCH3 is 1. The van der Waals surface area contributed by atoms with Gasteiger partial charge in [0.2, 0.25) is 0 Å². The first-order chi connectivity index (χ1) is 19.7. The van der Waals surface area contributed by atoms with Crippen LogP contribution in [0.4, 0.5) is 11.4 Å². The predicted molar refractivity (Wildman–Crippen MR) is 160 cm³/mol. The monoisotopic (exact) mass is 590 g/mol. The van der Waals surface area contributed by atoms with E-state index in [1.165, 1.54) is 25.3 Å². The fraction of sp³-hybridized carbons (Fsp3) is 0.100. The fourth-order valence-corrected chi connectivity index (χ4v) is 5.46. The number of rotatable bonds is 10. The molecule has 41 heavy (non-hydrogen) atoms. The van der Waals surface area contributed by atoms with Crippen LogP contribution in [-0.4, -0.2) is 39.6 Å². The number of benzene rings is 4. The number of hydrogen-bond acceptors (Lipinski definition) is 6. The Morgan fingerprint density at radius 2 is 1.59 bits per heavy atom. The summed E-state index contributed by atoms with van der Waals surface area (Å²) in [5.41, 5.74) is 4.70. The molecule has 0 aliphatic rings. The van der Waals surface area contributed by atoms with Gasteiger partial charge in [0.15, 0.2) is 0 Å². The van der Waals surface area contributed by atoms with Gasteiger partial charge in [-0.05, 0) is 67.1 Å². The lowest BCUT2D eigenvalue weighted by atomic mass is 10.1. The molecule has 4 rings (SSSR count). The quantitative estimate of drug-likeness (QED) is 0.191. The maximum atomic E-state index is 13.5. The standard InChI is InChI=1S/C30H27ClN4O5S/c1-21(22-9-7-12-25(18-22)32-30(37)23-10-6-11-24(31)17-23)33-34-29(36)20-35(26-13-8-14-27(19-26)40-2)41(38,39)28-15-4-3-5-16-28/h3-19H,20H2,1-2H3,(H,32,37)(H,34,36)/b33-21-. The van der Waals surface area contributed by atoms with Crippen LogP contribution < -0.4 is 19.8 Å². The molecule has 9 nitrogen and oxygen atoms in total. The van der Waals surface area contributed by atoms with Gasteiger partial charge in [0.1, 0.15) is 12.3 Å². The van der Waals surface area contributed by atoms with Crippen LogP contribution >= 0.6 is 11.6 Å². The molecule has 4 aromatic rings. The molecule has 0 spiro atoms. The molecular weight excluding hydrogens is 564 g/mol. The molecule has 0 fully saturated rings. The molecule has 0 atom stereocenters. The third kappa shape index (κ3) is 7.50. The average Bonchev–Trinajstić information content (AvgIpc) is 2.99. The van der Waals surface area contributed by atoms with Crippen LogP contribution in [0.25, 0.3) is 0 Å². The Hall–Kier alpha value is -4.67. The highest BCUT2D eigenvalue weighted by Crippen LogP contribution is 2.27. The van der Waals surface area contributed by atoms with E-state index < -0.39 is 22.5 Å². The van der Waals surface area contributed by atoms with Crippen molar-refractivity contribution in [1.82, 2.24) is 5.43 Å². The number of amides is 2. The molecule has 0 aliphatic heterocycles. The number of carbonyl (C=O) groups excluding carboxylic acids is 2. The minimum Gasteiger partial charge on any atom is -0.497 e. The van der Waals surface area contributed by atoms with Crippen LogP contribution in [0.3, 0.4) is 0 Å². The molecule has 0 aliphatic carbocycles. The second-order valence-corrected chi connectivity index (χ2v) is 11.1. The molecule has 0 heterocycles. The van der Waals surface area contributed by atoms with Crippen molar-refractivity contribution < 1.29 is 22.7 Å². The second kappa shape index (κ2) is 13.1. The smallest absolute Gasteiger partial charge is 0.264 e. The lowest BCUT2D eigenvalue weighted by Crippen LogP contribution is -2.39. The van der Waals surface area contributed by atoms with Crippen molar-refractivity contribution in [2.45, 2.75) is 11.8 Å². The van der Waals surface area contributed by atoms with E-state index >= 15 is 0 Å². The van der Waals surface area contributed by atoms with Crippen molar-refractivity contribution in [2.24, 2.45) is 5.10 Å². The van der Waals surface area contributed by atoms with E-state index in [1.54, 1.807) is 91.9 Å². The van der Waals surface area contributed by atoms with E-state index in [-0.39, 0.29) is 16.5 Å². The number of nitrogens with zero attached hydrogens (tertiary/aromatic N) is 2. The van der Waals surface area contributed by atoms with E-state index in [2.05, 4.69) is 15.8 Å². The molecule has 11 heteroatoms. The summed E-state index contributed by atoms with van der Waals surface area (Å²) in [5.74, 6) is -0.547. The summed E-state index contributed by atoms with van der Waals surface area (Å²) in [7, 11) is -2.62. The molecule has 0 saturated heterocycles. The lowest BCUT2D eigenvalue weighted by Gasteiger charge is -2.24. The normalized spacial score (nSPS) is 11.4. The van der Waals surface area contributed by atoms with Crippen LogP contribution in [0.1, 0.15) is 22.8 Å². The second-order valence-electron chi connectivity index (χ2n) is 8.80. The highest BCUT2D eigenvalue weighted by molar-refractivity contribution is 7.92. The molecule has 0 unspecified atom stereocenters. The Labute approximate surface area is 243 Å². The summed E-state index contributed by atoms with van der Waals surface area (Å²) in [5, 5.41) is 7.42. The van der Waals surface area contributed by atoms with Gasteiger partial charge in [-0.3, -0.25) is 13.9 Å². The number of ether oxygens (including phenoxy) is 1. The van der Waals surface area contributed by atoms with Gasteiger partial charge in [-0.2, -0.15) is 5.10 Å². The Balaban J connectivity index is 1.51. The fourth-order valence-electron chi connectivity index (χ4n) is 3.83. The maximum absolute atomic E-state index is 13.5. The molecule has 0 radical (unpaired) electrons. The largest absolute Gasteiger partial charge is 0.497 e. The Morgan fingerprint density at radius 1 is 0.878 bits per heavy atom. The summed E-state index contributed by atoms with van der Waals surface area (Å²) >= 11 is 5.98. The number of nitrogens with one attached hydrogen (secondary N) is 2. The van der Waals surface area contributed by atoms with Gasteiger partial charge < -0.3 is 10.1 Å². The third-order valence-corrected chi connectivity index (χ3v) is 7.96. The van der Waals surface area contributed by atoms with Gasteiger partial charge in [0.25, 0.3) is 21.8 Å². The molecule has 4 aromatic carbocycles. The molecular formula is C30H27ClN4O5S. The SMILES string of the molecule is COc1cccc(N(CC(=O)N/N=C(/C)c2cccc(NC(=O)c3cccc(Cl)c3)c2)S(=O)(=O)c2ccccc2)c1. The zero-order valence-corrected chi connectivity index (χ0v) is 23.8. The number of anilines is 2. The van der Waals surface area contributed by atoms with E-state index in [4.69, 9.17) is 16.3 Å². The minimum atomic E-state index is -4.09. The summed E-state index contributed by atoms with van der Waals surface area (Å²) in [6.45, 7) is 1.15. The van der Waals surface area contributed by atoms with Crippen molar-refractivity contribution in [2.75, 3.05) is 23.3 Å². The van der Waals surface area contributed by atoms with Crippen LogP contribution in [0.2, 0.25) is 5.02 Å². The zero-order chi connectivity index (χ0) is 29.4. The van der Waals surface area contributed by atoms with Gasteiger partial charge in [-0.25, -0.2) is 13.8 Å². The number of halogens is 1. The Morgan fingerprint density at radius 3 is 2.32 bits per heavy atom. The van der Waals surface area contributed by atoms with Crippen molar-refractivity contribution in [3.63, 3.8) is 0 Å². The van der Waals surface area contributed by atoms with Crippen LogP contribution in [-0.2, 0) is 14.8 Å². The molecule has 0 aromatic heterocycles. The van der Waals surface area contributed by atoms with Gasteiger partial charge in [-0.1, -0.05) is 54.1 Å². The first-order valence-corrected chi connectivity index (χ1v) is 14.2. The molecule has 210 valence electrons. The number of hydrazone groups is 1.